The molecule has 0 radical (unpaired) electrons. The van der Waals surface area contributed by atoms with Gasteiger partial charge in [-0.3, -0.25) is 14.3 Å². The average molecular weight is 334 g/mol. The second-order valence-corrected chi connectivity index (χ2v) is 6.01. The Bertz CT molecular complexity index is 993. The number of hydrogen-bond acceptors (Lipinski definition) is 5. The van der Waals surface area contributed by atoms with E-state index >= 15 is 0 Å². The van der Waals surface area contributed by atoms with Crippen LogP contribution in [-0.4, -0.2) is 39.3 Å². The van der Waals surface area contributed by atoms with Crippen LogP contribution in [0, 0.1) is 0 Å². The second kappa shape index (κ2) is 5.97. The molecule has 8 heteroatoms. The number of aryl methyl sites for hydroxylation is 1. The maximum absolute atomic E-state index is 4.74. The van der Waals surface area contributed by atoms with Gasteiger partial charge in [0.25, 0.3) is 0 Å². The van der Waals surface area contributed by atoms with Crippen molar-refractivity contribution < 1.29 is 0 Å². The van der Waals surface area contributed by atoms with Crippen LogP contribution in [0.25, 0.3) is 28.7 Å². The van der Waals surface area contributed by atoms with Crippen molar-refractivity contribution in [3.63, 3.8) is 0 Å². The molecule has 0 aliphatic carbocycles. The Morgan fingerprint density at radius 1 is 1.04 bits per heavy atom. The van der Waals surface area contributed by atoms with Crippen molar-refractivity contribution in [2.75, 3.05) is 0 Å². The average Bonchev–Trinajstić information content (AvgIpc) is 3.33. The van der Waals surface area contributed by atoms with E-state index in [2.05, 4.69) is 34.1 Å². The van der Waals surface area contributed by atoms with Gasteiger partial charge in [0.15, 0.2) is 5.82 Å². The van der Waals surface area contributed by atoms with E-state index in [1.165, 1.54) is 0 Å². The van der Waals surface area contributed by atoms with Crippen LogP contribution in [0.1, 0.15) is 19.9 Å². The van der Waals surface area contributed by atoms with Crippen molar-refractivity contribution in [2.45, 2.75) is 19.9 Å². The number of nitrogens with zero attached hydrogens (tertiary/aromatic N) is 8. The highest BCUT2D eigenvalue weighted by atomic mass is 15.4. The summed E-state index contributed by atoms with van der Waals surface area (Å²) >= 11 is 0. The zero-order valence-electron chi connectivity index (χ0n) is 14.3. The molecule has 0 N–H and O–H groups in total. The lowest BCUT2D eigenvalue weighted by Gasteiger charge is -2.10. The van der Waals surface area contributed by atoms with Gasteiger partial charge in [-0.15, -0.1) is 5.10 Å². The Labute approximate surface area is 144 Å². The lowest BCUT2D eigenvalue weighted by molar-refractivity contribution is 0.536. The first-order chi connectivity index (χ1) is 12.1. The van der Waals surface area contributed by atoms with Crippen LogP contribution < -0.4 is 0 Å². The number of rotatable bonds is 4. The van der Waals surface area contributed by atoms with Gasteiger partial charge in [-0.25, -0.2) is 9.67 Å². The van der Waals surface area contributed by atoms with Crippen molar-refractivity contribution in [3.8, 4) is 28.7 Å². The van der Waals surface area contributed by atoms with Crippen LogP contribution in [0.4, 0.5) is 0 Å². The highest BCUT2D eigenvalue weighted by Crippen LogP contribution is 2.25. The SMILES string of the molecule is CC(C)n1nccc1-c1nc(-c2ccccn2)nn1-c1cnn(C)c1. The largest absolute Gasteiger partial charge is 0.274 e. The lowest BCUT2D eigenvalue weighted by atomic mass is 10.3. The molecule has 0 aliphatic heterocycles. The first-order valence-corrected chi connectivity index (χ1v) is 8.05. The van der Waals surface area contributed by atoms with Crippen molar-refractivity contribution in [1.82, 2.24) is 39.3 Å². The van der Waals surface area contributed by atoms with E-state index in [-0.39, 0.29) is 6.04 Å². The second-order valence-electron chi connectivity index (χ2n) is 6.01. The minimum Gasteiger partial charge on any atom is -0.274 e. The molecule has 0 saturated heterocycles. The van der Waals surface area contributed by atoms with Gasteiger partial charge in [-0.05, 0) is 32.0 Å². The van der Waals surface area contributed by atoms with Crippen LogP contribution in [0.5, 0.6) is 0 Å². The molecule has 0 fully saturated rings. The summed E-state index contributed by atoms with van der Waals surface area (Å²) in [7, 11) is 1.87. The van der Waals surface area contributed by atoms with Gasteiger partial charge in [0.2, 0.25) is 5.82 Å². The molecule has 4 heterocycles. The Morgan fingerprint density at radius 3 is 2.60 bits per heavy atom. The predicted molar refractivity (Wildman–Crippen MR) is 93.0 cm³/mol. The van der Waals surface area contributed by atoms with Crippen LogP contribution in [0.3, 0.4) is 0 Å². The summed E-state index contributed by atoms with van der Waals surface area (Å²) in [6.07, 6.45) is 7.17. The predicted octanol–water partition coefficient (Wildman–Crippen LogP) is 2.51. The van der Waals surface area contributed by atoms with Crippen molar-refractivity contribution >= 4 is 0 Å². The van der Waals surface area contributed by atoms with E-state index in [9.17, 15) is 0 Å². The minimum atomic E-state index is 0.211. The Kier molecular flexibility index (Phi) is 3.64. The van der Waals surface area contributed by atoms with Crippen LogP contribution in [0.2, 0.25) is 0 Å². The zero-order chi connectivity index (χ0) is 17.4. The highest BCUT2D eigenvalue weighted by molar-refractivity contribution is 5.59. The van der Waals surface area contributed by atoms with Crippen molar-refractivity contribution in [2.24, 2.45) is 7.05 Å². The van der Waals surface area contributed by atoms with Gasteiger partial charge < -0.3 is 0 Å². The van der Waals surface area contributed by atoms with E-state index in [0.717, 1.165) is 17.1 Å². The normalized spacial score (nSPS) is 11.4. The van der Waals surface area contributed by atoms with Gasteiger partial charge >= 0.3 is 0 Å². The summed E-state index contributed by atoms with van der Waals surface area (Å²) in [5.41, 5.74) is 2.46. The zero-order valence-corrected chi connectivity index (χ0v) is 14.3. The quantitative estimate of drug-likeness (QED) is 0.573. The maximum atomic E-state index is 4.74. The monoisotopic (exact) mass is 334 g/mol. The molecule has 4 aromatic rings. The number of hydrogen-bond donors (Lipinski definition) is 0. The molecular formula is C17H18N8. The molecule has 0 atom stereocenters. The van der Waals surface area contributed by atoms with Crippen LogP contribution >= 0.6 is 0 Å². The van der Waals surface area contributed by atoms with Crippen molar-refractivity contribution in [1.29, 1.82) is 0 Å². The third kappa shape index (κ3) is 2.71. The molecule has 8 nitrogen and oxygen atoms in total. The third-order valence-electron chi connectivity index (χ3n) is 3.83. The van der Waals surface area contributed by atoms with Gasteiger partial charge in [0, 0.05) is 25.5 Å². The summed E-state index contributed by atoms with van der Waals surface area (Å²) in [6.45, 7) is 4.17. The summed E-state index contributed by atoms with van der Waals surface area (Å²) in [5.74, 6) is 1.27. The Hall–Kier alpha value is -3.29. The molecule has 4 rings (SSSR count). The van der Waals surface area contributed by atoms with Gasteiger partial charge in [-0.2, -0.15) is 10.2 Å². The van der Waals surface area contributed by atoms with Gasteiger partial charge in [0.05, 0.1) is 12.4 Å². The fraction of sp³-hybridized carbons (Fsp3) is 0.235. The summed E-state index contributed by atoms with van der Waals surface area (Å²) in [6, 6.07) is 7.84. The Morgan fingerprint density at radius 2 is 1.92 bits per heavy atom. The van der Waals surface area contributed by atoms with E-state index in [1.807, 2.05) is 42.2 Å². The maximum Gasteiger partial charge on any atom is 0.200 e. The molecule has 0 saturated carbocycles. The van der Waals surface area contributed by atoms with Gasteiger partial charge in [-0.1, -0.05) is 6.07 Å². The topological polar surface area (TPSA) is 79.2 Å². The fourth-order valence-corrected chi connectivity index (χ4v) is 2.68. The summed E-state index contributed by atoms with van der Waals surface area (Å²) in [5, 5.41) is 13.3. The molecular weight excluding hydrogens is 316 g/mol. The molecule has 126 valence electrons. The Balaban J connectivity index is 1.92. The fourth-order valence-electron chi connectivity index (χ4n) is 2.68. The first kappa shape index (κ1) is 15.3. The molecule has 0 bridgehead atoms. The van der Waals surface area contributed by atoms with Crippen LogP contribution in [-0.2, 0) is 7.05 Å². The molecule has 0 aliphatic rings. The third-order valence-corrected chi connectivity index (χ3v) is 3.83. The molecule has 0 amide bonds. The lowest BCUT2D eigenvalue weighted by Crippen LogP contribution is -2.08. The van der Waals surface area contributed by atoms with Crippen molar-refractivity contribution in [3.05, 3.63) is 49.1 Å². The van der Waals surface area contributed by atoms with E-state index < -0.39 is 0 Å². The molecule has 0 unspecified atom stereocenters. The highest BCUT2D eigenvalue weighted by Gasteiger charge is 2.20. The van der Waals surface area contributed by atoms with E-state index in [0.29, 0.717) is 11.6 Å². The number of pyridine rings is 1. The van der Waals surface area contributed by atoms with Crippen LogP contribution in [0.15, 0.2) is 49.1 Å². The van der Waals surface area contributed by atoms with E-state index in [1.54, 1.807) is 28.0 Å². The molecule has 0 aromatic carbocycles. The smallest absolute Gasteiger partial charge is 0.200 e. The molecule has 4 aromatic heterocycles. The first-order valence-electron chi connectivity index (χ1n) is 8.05. The summed E-state index contributed by atoms with van der Waals surface area (Å²) in [4.78, 5) is 9.10. The van der Waals surface area contributed by atoms with E-state index in [4.69, 9.17) is 4.98 Å². The summed E-state index contributed by atoms with van der Waals surface area (Å²) < 4.78 is 5.45. The standard InChI is InChI=1S/C17H18N8/c1-12(2)24-15(7-9-19-24)17-21-16(14-6-4-5-8-18-14)22-25(17)13-10-20-23(3)11-13/h4-12H,1-3H3. The number of aromatic nitrogens is 8. The minimum absolute atomic E-state index is 0.211. The molecule has 0 spiro atoms. The van der Waals surface area contributed by atoms with Gasteiger partial charge in [0.1, 0.15) is 17.1 Å². The molecule has 25 heavy (non-hydrogen) atoms.